The second-order valence-electron chi connectivity index (χ2n) is 3.23. The van der Waals surface area contributed by atoms with Crippen LogP contribution in [0.4, 0.5) is 10.5 Å². The summed E-state index contributed by atoms with van der Waals surface area (Å²) in [5.74, 6) is 0. The van der Waals surface area contributed by atoms with Crippen LogP contribution in [0.25, 0.3) is 10.1 Å². The number of hydrogen-bond donors (Lipinski definition) is 1. The second kappa shape index (κ2) is 3.90. The van der Waals surface area contributed by atoms with E-state index in [1.807, 2.05) is 23.6 Å². The van der Waals surface area contributed by atoms with Crippen molar-refractivity contribution >= 4 is 33.1 Å². The first-order chi connectivity index (χ1) is 7.24. The van der Waals surface area contributed by atoms with E-state index in [4.69, 9.17) is 0 Å². The first kappa shape index (κ1) is 9.98. The van der Waals surface area contributed by atoms with Gasteiger partial charge in [0.05, 0.1) is 5.69 Å². The third kappa shape index (κ3) is 1.68. The van der Waals surface area contributed by atoms with Gasteiger partial charge in [0.15, 0.2) is 0 Å². The first-order valence-electron chi connectivity index (χ1n) is 4.65. The van der Waals surface area contributed by atoms with Gasteiger partial charge in [-0.15, -0.1) is 11.3 Å². The molecule has 0 aliphatic carbocycles. The minimum atomic E-state index is -0.0986. The van der Waals surface area contributed by atoms with Gasteiger partial charge in [-0.3, -0.25) is 4.90 Å². The molecule has 0 bridgehead atoms. The molecule has 2 rings (SSSR count). The molecule has 2 aromatic rings. The van der Waals surface area contributed by atoms with Crippen molar-refractivity contribution in [2.75, 3.05) is 19.0 Å². The Morgan fingerprint density at radius 1 is 1.40 bits per heavy atom. The van der Waals surface area contributed by atoms with E-state index in [1.165, 1.54) is 4.70 Å². The number of benzene rings is 1. The van der Waals surface area contributed by atoms with Crippen LogP contribution in [0.3, 0.4) is 0 Å². The van der Waals surface area contributed by atoms with Crippen molar-refractivity contribution in [1.29, 1.82) is 0 Å². The zero-order chi connectivity index (χ0) is 10.8. The van der Waals surface area contributed by atoms with Crippen LogP contribution in [0.2, 0.25) is 0 Å². The van der Waals surface area contributed by atoms with Gasteiger partial charge in [-0.25, -0.2) is 4.79 Å². The minimum Gasteiger partial charge on any atom is -0.341 e. The van der Waals surface area contributed by atoms with Crippen molar-refractivity contribution < 1.29 is 4.79 Å². The molecule has 1 heterocycles. The lowest BCUT2D eigenvalue weighted by molar-refractivity contribution is 0.249. The van der Waals surface area contributed by atoms with E-state index < -0.39 is 0 Å². The second-order valence-corrected chi connectivity index (χ2v) is 4.14. The molecule has 1 aromatic carbocycles. The van der Waals surface area contributed by atoms with E-state index in [-0.39, 0.29) is 6.03 Å². The molecular formula is C11H12N2OS. The molecule has 0 fully saturated rings. The van der Waals surface area contributed by atoms with Crippen LogP contribution >= 0.6 is 11.3 Å². The molecule has 0 saturated carbocycles. The Kier molecular flexibility index (Phi) is 2.60. The SMILES string of the molecule is CNC(=O)N(C)c1csc2ccccc12. The zero-order valence-corrected chi connectivity index (χ0v) is 9.47. The highest BCUT2D eigenvalue weighted by atomic mass is 32.1. The molecule has 78 valence electrons. The van der Waals surface area contributed by atoms with Crippen LogP contribution in [0, 0.1) is 0 Å². The van der Waals surface area contributed by atoms with E-state index in [1.54, 1.807) is 30.3 Å². The predicted octanol–water partition coefficient (Wildman–Crippen LogP) is 2.68. The highest BCUT2D eigenvalue weighted by Gasteiger charge is 2.12. The maximum absolute atomic E-state index is 11.5. The molecule has 15 heavy (non-hydrogen) atoms. The number of nitrogens with zero attached hydrogens (tertiary/aromatic N) is 1. The Labute approximate surface area is 92.3 Å². The van der Waals surface area contributed by atoms with Crippen LogP contribution in [0.5, 0.6) is 0 Å². The highest BCUT2D eigenvalue weighted by molar-refractivity contribution is 7.17. The maximum atomic E-state index is 11.5. The molecule has 4 heteroatoms. The summed E-state index contributed by atoms with van der Waals surface area (Å²) in [7, 11) is 3.40. The molecule has 0 aliphatic heterocycles. The molecule has 0 radical (unpaired) electrons. The van der Waals surface area contributed by atoms with Gasteiger partial charge in [0.1, 0.15) is 0 Å². The zero-order valence-electron chi connectivity index (χ0n) is 8.65. The Hall–Kier alpha value is -1.55. The number of nitrogens with one attached hydrogen (secondary N) is 1. The lowest BCUT2D eigenvalue weighted by Crippen LogP contribution is -2.34. The number of fused-ring (bicyclic) bond motifs is 1. The summed E-state index contributed by atoms with van der Waals surface area (Å²) in [6.07, 6.45) is 0. The van der Waals surface area contributed by atoms with Crippen molar-refractivity contribution in [3.05, 3.63) is 29.6 Å². The number of anilines is 1. The minimum absolute atomic E-state index is 0.0986. The van der Waals surface area contributed by atoms with Crippen molar-refractivity contribution in [2.45, 2.75) is 0 Å². The summed E-state index contributed by atoms with van der Waals surface area (Å²) in [6.45, 7) is 0. The number of urea groups is 1. The van der Waals surface area contributed by atoms with Crippen molar-refractivity contribution in [2.24, 2.45) is 0 Å². The third-order valence-corrected chi connectivity index (χ3v) is 3.29. The number of carbonyl (C=O) groups is 1. The molecule has 1 N–H and O–H groups in total. The summed E-state index contributed by atoms with van der Waals surface area (Å²) in [4.78, 5) is 13.1. The topological polar surface area (TPSA) is 32.3 Å². The fourth-order valence-electron chi connectivity index (χ4n) is 1.50. The van der Waals surface area contributed by atoms with Gasteiger partial charge < -0.3 is 5.32 Å². The van der Waals surface area contributed by atoms with Gasteiger partial charge >= 0.3 is 6.03 Å². The molecule has 0 unspecified atom stereocenters. The molecule has 2 amide bonds. The van der Waals surface area contributed by atoms with Gasteiger partial charge in [-0.05, 0) is 6.07 Å². The van der Waals surface area contributed by atoms with E-state index >= 15 is 0 Å². The smallest absolute Gasteiger partial charge is 0.321 e. The van der Waals surface area contributed by atoms with Gasteiger partial charge in [0.25, 0.3) is 0 Å². The van der Waals surface area contributed by atoms with Crippen LogP contribution in [-0.4, -0.2) is 20.1 Å². The summed E-state index contributed by atoms with van der Waals surface area (Å²) in [5, 5.41) is 5.73. The summed E-state index contributed by atoms with van der Waals surface area (Å²) in [6, 6.07) is 7.97. The van der Waals surface area contributed by atoms with Crippen LogP contribution in [-0.2, 0) is 0 Å². The first-order valence-corrected chi connectivity index (χ1v) is 5.53. The van der Waals surface area contributed by atoms with E-state index in [0.29, 0.717) is 0 Å². The monoisotopic (exact) mass is 220 g/mol. The molecule has 0 spiro atoms. The van der Waals surface area contributed by atoms with Gasteiger partial charge in [0, 0.05) is 29.6 Å². The van der Waals surface area contributed by atoms with E-state index in [2.05, 4.69) is 11.4 Å². The average molecular weight is 220 g/mol. The molecule has 3 nitrogen and oxygen atoms in total. The Morgan fingerprint density at radius 3 is 2.87 bits per heavy atom. The normalized spacial score (nSPS) is 10.3. The predicted molar refractivity (Wildman–Crippen MR) is 64.7 cm³/mol. The number of carbonyl (C=O) groups excluding carboxylic acids is 1. The largest absolute Gasteiger partial charge is 0.341 e. The molecule has 0 aliphatic rings. The Morgan fingerprint density at radius 2 is 2.13 bits per heavy atom. The standard InChI is InChI=1S/C11H12N2OS/c1-12-11(14)13(2)9-7-15-10-6-4-3-5-8(9)10/h3-7H,1-2H3,(H,12,14). The molecule has 1 aromatic heterocycles. The van der Waals surface area contributed by atoms with E-state index in [0.717, 1.165) is 11.1 Å². The number of rotatable bonds is 1. The van der Waals surface area contributed by atoms with Crippen LogP contribution in [0.1, 0.15) is 0 Å². The van der Waals surface area contributed by atoms with Crippen LogP contribution in [0.15, 0.2) is 29.6 Å². The Bertz CT molecular complexity index is 492. The van der Waals surface area contributed by atoms with Gasteiger partial charge in [-0.1, -0.05) is 18.2 Å². The van der Waals surface area contributed by atoms with Gasteiger partial charge in [-0.2, -0.15) is 0 Å². The summed E-state index contributed by atoms with van der Waals surface area (Å²) >= 11 is 1.65. The van der Waals surface area contributed by atoms with Crippen LogP contribution < -0.4 is 10.2 Å². The lowest BCUT2D eigenvalue weighted by Gasteiger charge is -2.15. The number of hydrogen-bond acceptors (Lipinski definition) is 2. The summed E-state index contributed by atoms with van der Waals surface area (Å²) < 4.78 is 1.20. The lowest BCUT2D eigenvalue weighted by atomic mass is 10.2. The highest BCUT2D eigenvalue weighted by Crippen LogP contribution is 2.31. The third-order valence-electron chi connectivity index (χ3n) is 2.34. The van der Waals surface area contributed by atoms with Gasteiger partial charge in [0.2, 0.25) is 0 Å². The fourth-order valence-corrected chi connectivity index (χ4v) is 2.48. The average Bonchev–Trinajstić information content (AvgIpc) is 2.70. The Balaban J connectivity index is 2.48. The molecule has 0 atom stereocenters. The van der Waals surface area contributed by atoms with Crippen molar-refractivity contribution in [1.82, 2.24) is 5.32 Å². The molecule has 0 saturated heterocycles. The van der Waals surface area contributed by atoms with E-state index in [9.17, 15) is 4.79 Å². The maximum Gasteiger partial charge on any atom is 0.321 e. The number of amides is 2. The fraction of sp³-hybridized carbons (Fsp3) is 0.182. The van der Waals surface area contributed by atoms with Crippen molar-refractivity contribution in [3.8, 4) is 0 Å². The number of thiophene rings is 1. The quantitative estimate of drug-likeness (QED) is 0.787. The summed E-state index contributed by atoms with van der Waals surface area (Å²) in [5.41, 5.74) is 0.954. The van der Waals surface area contributed by atoms with Crippen molar-refractivity contribution in [3.63, 3.8) is 0 Å². The molecular weight excluding hydrogens is 208 g/mol.